The standard InChI is InChI=1S/C29H32FNO3/c1-19(2)25-16-22(24-12-5-6-13-26(24)30)17-34-29(25)21-10-8-11-23(15-21)33-18-28(32)31-27-14-7-4-9-20(27)3/h4-15,19,22,25,29H,16-18H2,1-3H3,(H,31,32)/t22-,25-,29-/m0/s1. The van der Waals surface area contributed by atoms with Crippen molar-refractivity contribution in [2.24, 2.45) is 11.8 Å². The molecule has 3 aromatic carbocycles. The van der Waals surface area contributed by atoms with Gasteiger partial charge in [-0.15, -0.1) is 0 Å². The number of amides is 1. The van der Waals surface area contributed by atoms with E-state index in [9.17, 15) is 9.18 Å². The van der Waals surface area contributed by atoms with Gasteiger partial charge in [0, 0.05) is 11.6 Å². The lowest BCUT2D eigenvalue weighted by molar-refractivity contribution is -0.118. The second-order valence-electron chi connectivity index (χ2n) is 9.34. The molecule has 0 aromatic heterocycles. The molecule has 0 aliphatic carbocycles. The molecule has 3 aromatic rings. The summed E-state index contributed by atoms with van der Waals surface area (Å²) in [7, 11) is 0. The van der Waals surface area contributed by atoms with Crippen LogP contribution >= 0.6 is 0 Å². The number of para-hydroxylation sites is 1. The summed E-state index contributed by atoms with van der Waals surface area (Å²) in [6.45, 7) is 6.71. The van der Waals surface area contributed by atoms with Crippen LogP contribution in [0, 0.1) is 24.6 Å². The summed E-state index contributed by atoms with van der Waals surface area (Å²) < 4.78 is 26.5. The topological polar surface area (TPSA) is 47.6 Å². The van der Waals surface area contributed by atoms with Crippen LogP contribution in [0.25, 0.3) is 0 Å². The Kier molecular flexibility index (Phi) is 7.63. The number of halogens is 1. The first-order chi connectivity index (χ1) is 16.4. The van der Waals surface area contributed by atoms with Crippen LogP contribution in [-0.4, -0.2) is 19.1 Å². The Balaban J connectivity index is 1.42. The number of carbonyl (C=O) groups is 1. The van der Waals surface area contributed by atoms with Crippen molar-refractivity contribution in [1.82, 2.24) is 0 Å². The average Bonchev–Trinajstić information content (AvgIpc) is 2.84. The molecule has 1 amide bonds. The van der Waals surface area contributed by atoms with Gasteiger partial charge in [-0.05, 0) is 66.1 Å². The van der Waals surface area contributed by atoms with E-state index in [1.165, 1.54) is 6.07 Å². The van der Waals surface area contributed by atoms with Crippen LogP contribution in [0.2, 0.25) is 0 Å². The minimum absolute atomic E-state index is 0.0365. The second kappa shape index (κ2) is 10.8. The van der Waals surface area contributed by atoms with Crippen molar-refractivity contribution in [1.29, 1.82) is 0 Å². The van der Waals surface area contributed by atoms with E-state index in [-0.39, 0.29) is 36.3 Å². The first-order valence-corrected chi connectivity index (χ1v) is 11.9. The summed E-state index contributed by atoms with van der Waals surface area (Å²) >= 11 is 0. The molecule has 3 atom stereocenters. The Labute approximate surface area is 201 Å². The minimum Gasteiger partial charge on any atom is -0.484 e. The van der Waals surface area contributed by atoms with Gasteiger partial charge >= 0.3 is 0 Å². The Morgan fingerprint density at radius 1 is 1.09 bits per heavy atom. The fraction of sp³-hybridized carbons (Fsp3) is 0.345. The summed E-state index contributed by atoms with van der Waals surface area (Å²) in [6, 6.07) is 22.4. The van der Waals surface area contributed by atoms with E-state index in [1.807, 2.05) is 67.6 Å². The van der Waals surface area contributed by atoms with Crippen LogP contribution in [-0.2, 0) is 9.53 Å². The number of anilines is 1. The van der Waals surface area contributed by atoms with Crippen molar-refractivity contribution in [3.05, 3.63) is 95.3 Å². The van der Waals surface area contributed by atoms with Gasteiger partial charge in [-0.3, -0.25) is 4.79 Å². The molecule has 0 bridgehead atoms. The molecule has 4 nitrogen and oxygen atoms in total. The SMILES string of the molecule is Cc1ccccc1NC(=O)COc1cccc([C@@H]2OC[C@@H](c3ccccc3F)C[C@H]2C(C)C)c1. The van der Waals surface area contributed by atoms with Gasteiger partial charge in [0.05, 0.1) is 12.7 Å². The summed E-state index contributed by atoms with van der Waals surface area (Å²) in [4.78, 5) is 12.4. The first-order valence-electron chi connectivity index (χ1n) is 11.9. The minimum atomic E-state index is -0.207. The van der Waals surface area contributed by atoms with Crippen LogP contribution in [0.3, 0.4) is 0 Å². The number of hydrogen-bond acceptors (Lipinski definition) is 3. The predicted octanol–water partition coefficient (Wildman–Crippen LogP) is 6.67. The molecule has 1 fully saturated rings. The highest BCUT2D eigenvalue weighted by atomic mass is 19.1. The summed E-state index contributed by atoms with van der Waals surface area (Å²) in [5.74, 6) is 0.883. The highest BCUT2D eigenvalue weighted by Crippen LogP contribution is 2.44. The smallest absolute Gasteiger partial charge is 0.262 e. The number of hydrogen-bond donors (Lipinski definition) is 1. The van der Waals surface area contributed by atoms with Gasteiger partial charge < -0.3 is 14.8 Å². The van der Waals surface area contributed by atoms with Crippen LogP contribution in [0.4, 0.5) is 10.1 Å². The molecule has 1 saturated heterocycles. The van der Waals surface area contributed by atoms with Crippen molar-refractivity contribution in [3.63, 3.8) is 0 Å². The van der Waals surface area contributed by atoms with E-state index < -0.39 is 0 Å². The normalized spacial score (nSPS) is 20.2. The quantitative estimate of drug-likeness (QED) is 0.427. The van der Waals surface area contributed by atoms with Crippen molar-refractivity contribution in [2.45, 2.75) is 39.2 Å². The molecule has 1 N–H and O–H groups in total. The number of aryl methyl sites for hydroxylation is 1. The van der Waals surface area contributed by atoms with E-state index in [2.05, 4.69) is 19.2 Å². The Bertz CT molecular complexity index is 1130. The lowest BCUT2D eigenvalue weighted by Gasteiger charge is -2.39. The number of nitrogens with one attached hydrogen (secondary N) is 1. The largest absolute Gasteiger partial charge is 0.484 e. The molecule has 4 rings (SSSR count). The molecule has 1 heterocycles. The molecule has 34 heavy (non-hydrogen) atoms. The van der Waals surface area contributed by atoms with E-state index in [1.54, 1.807) is 6.07 Å². The number of ether oxygens (including phenoxy) is 2. The fourth-order valence-corrected chi connectivity index (χ4v) is 4.68. The maximum Gasteiger partial charge on any atom is 0.262 e. The van der Waals surface area contributed by atoms with Crippen LogP contribution in [0.15, 0.2) is 72.8 Å². The zero-order valence-electron chi connectivity index (χ0n) is 20.0. The zero-order valence-corrected chi connectivity index (χ0v) is 20.0. The van der Waals surface area contributed by atoms with E-state index in [0.29, 0.717) is 18.3 Å². The predicted molar refractivity (Wildman–Crippen MR) is 133 cm³/mol. The van der Waals surface area contributed by atoms with Gasteiger partial charge in [-0.1, -0.05) is 62.4 Å². The maximum absolute atomic E-state index is 14.4. The Morgan fingerprint density at radius 3 is 2.62 bits per heavy atom. The number of carbonyl (C=O) groups excluding carboxylic acids is 1. The third-order valence-corrected chi connectivity index (χ3v) is 6.60. The third-order valence-electron chi connectivity index (χ3n) is 6.60. The summed E-state index contributed by atoms with van der Waals surface area (Å²) in [6.07, 6.45) is 0.750. The molecule has 5 heteroatoms. The number of benzene rings is 3. The zero-order chi connectivity index (χ0) is 24.1. The average molecular weight is 462 g/mol. The van der Waals surface area contributed by atoms with E-state index in [4.69, 9.17) is 9.47 Å². The molecule has 178 valence electrons. The fourth-order valence-electron chi connectivity index (χ4n) is 4.68. The molecule has 0 spiro atoms. The molecular formula is C29H32FNO3. The Morgan fingerprint density at radius 2 is 1.85 bits per heavy atom. The van der Waals surface area contributed by atoms with Crippen LogP contribution in [0.5, 0.6) is 5.75 Å². The van der Waals surface area contributed by atoms with Crippen molar-refractivity contribution in [3.8, 4) is 5.75 Å². The summed E-state index contributed by atoms with van der Waals surface area (Å²) in [5, 5.41) is 2.89. The van der Waals surface area contributed by atoms with Gasteiger partial charge in [0.2, 0.25) is 0 Å². The maximum atomic E-state index is 14.4. The van der Waals surface area contributed by atoms with Crippen LogP contribution in [0.1, 0.15) is 49.0 Å². The molecule has 0 unspecified atom stereocenters. The highest BCUT2D eigenvalue weighted by molar-refractivity contribution is 5.92. The molecule has 1 aliphatic rings. The molecular weight excluding hydrogens is 429 g/mol. The lowest BCUT2D eigenvalue weighted by atomic mass is 9.76. The summed E-state index contributed by atoms with van der Waals surface area (Å²) in [5.41, 5.74) is 3.52. The van der Waals surface area contributed by atoms with Gasteiger partial charge in [0.15, 0.2) is 6.61 Å². The van der Waals surface area contributed by atoms with Gasteiger partial charge in [0.1, 0.15) is 11.6 Å². The highest BCUT2D eigenvalue weighted by Gasteiger charge is 2.35. The molecule has 0 radical (unpaired) electrons. The lowest BCUT2D eigenvalue weighted by Crippen LogP contribution is -2.31. The van der Waals surface area contributed by atoms with Gasteiger partial charge in [-0.25, -0.2) is 4.39 Å². The number of rotatable bonds is 7. The first kappa shape index (κ1) is 24.0. The second-order valence-corrected chi connectivity index (χ2v) is 9.34. The Hall–Kier alpha value is -3.18. The van der Waals surface area contributed by atoms with Crippen LogP contribution < -0.4 is 10.1 Å². The molecule has 0 saturated carbocycles. The van der Waals surface area contributed by atoms with Crippen molar-refractivity contribution >= 4 is 11.6 Å². The van der Waals surface area contributed by atoms with Crippen molar-refractivity contribution < 1.29 is 18.7 Å². The van der Waals surface area contributed by atoms with Gasteiger partial charge in [0.25, 0.3) is 5.91 Å². The monoisotopic (exact) mass is 461 g/mol. The van der Waals surface area contributed by atoms with Crippen molar-refractivity contribution in [2.75, 3.05) is 18.5 Å². The van der Waals surface area contributed by atoms with E-state index >= 15 is 0 Å². The third kappa shape index (κ3) is 5.65. The van der Waals surface area contributed by atoms with E-state index in [0.717, 1.165) is 28.8 Å². The molecule has 1 aliphatic heterocycles. The van der Waals surface area contributed by atoms with Gasteiger partial charge in [-0.2, -0.15) is 0 Å².